The number of amides is 1. The number of rotatable bonds is 6. The first-order chi connectivity index (χ1) is 10.0. The van der Waals surface area contributed by atoms with Crippen molar-refractivity contribution in [2.45, 2.75) is 33.4 Å². The van der Waals surface area contributed by atoms with Crippen molar-refractivity contribution >= 4 is 11.9 Å². The van der Waals surface area contributed by atoms with Crippen LogP contribution in [-0.4, -0.2) is 26.8 Å². The fourth-order valence-corrected chi connectivity index (χ4v) is 1.94. The van der Waals surface area contributed by atoms with E-state index in [-0.39, 0.29) is 18.0 Å². The summed E-state index contributed by atoms with van der Waals surface area (Å²) in [6.45, 7) is 4.49. The second-order valence-electron chi connectivity index (χ2n) is 4.66. The number of aryl methyl sites for hydroxylation is 2. The Morgan fingerprint density at radius 2 is 2.24 bits per heavy atom. The van der Waals surface area contributed by atoms with Crippen molar-refractivity contribution in [1.82, 2.24) is 15.1 Å². The number of aromatic nitrogens is 2. The number of aromatic carboxylic acids is 1. The van der Waals surface area contributed by atoms with Crippen molar-refractivity contribution in [2.75, 3.05) is 0 Å². The third kappa shape index (κ3) is 3.50. The molecule has 7 heteroatoms. The van der Waals surface area contributed by atoms with Gasteiger partial charge >= 0.3 is 5.97 Å². The molecule has 2 rings (SSSR count). The Morgan fingerprint density at radius 1 is 1.48 bits per heavy atom. The van der Waals surface area contributed by atoms with Crippen LogP contribution in [0.15, 0.2) is 22.9 Å². The number of nitrogens with one attached hydrogen (secondary N) is 1. The molecule has 0 spiro atoms. The zero-order valence-electron chi connectivity index (χ0n) is 11.9. The minimum Gasteiger partial charge on any atom is -0.478 e. The van der Waals surface area contributed by atoms with Gasteiger partial charge in [0, 0.05) is 12.7 Å². The van der Waals surface area contributed by atoms with Crippen LogP contribution in [0.2, 0.25) is 0 Å². The second-order valence-corrected chi connectivity index (χ2v) is 4.66. The smallest absolute Gasteiger partial charge is 0.339 e. The summed E-state index contributed by atoms with van der Waals surface area (Å²) in [6.07, 6.45) is 4.11. The Balaban J connectivity index is 1.97. The van der Waals surface area contributed by atoms with Gasteiger partial charge in [-0.05, 0) is 19.4 Å². The molecule has 0 saturated heterocycles. The lowest BCUT2D eigenvalue weighted by Gasteiger charge is -2.00. The number of carboxylic acids is 1. The van der Waals surface area contributed by atoms with E-state index in [1.165, 1.54) is 12.3 Å². The van der Waals surface area contributed by atoms with Crippen molar-refractivity contribution in [3.63, 3.8) is 0 Å². The molecular weight excluding hydrogens is 274 g/mol. The molecule has 2 heterocycles. The summed E-state index contributed by atoms with van der Waals surface area (Å²) >= 11 is 0. The van der Waals surface area contributed by atoms with Crippen LogP contribution in [0.3, 0.4) is 0 Å². The Labute approximate surface area is 121 Å². The molecule has 2 aromatic heterocycles. The van der Waals surface area contributed by atoms with Crippen molar-refractivity contribution in [2.24, 2.45) is 0 Å². The molecule has 2 N–H and O–H groups in total. The van der Waals surface area contributed by atoms with E-state index in [2.05, 4.69) is 10.4 Å². The largest absolute Gasteiger partial charge is 0.478 e. The van der Waals surface area contributed by atoms with Gasteiger partial charge < -0.3 is 14.8 Å². The van der Waals surface area contributed by atoms with Gasteiger partial charge in [0.15, 0.2) is 0 Å². The van der Waals surface area contributed by atoms with Gasteiger partial charge in [-0.25, -0.2) is 4.79 Å². The number of nitrogens with zero attached hydrogens (tertiary/aromatic N) is 2. The molecule has 0 fully saturated rings. The predicted octanol–water partition coefficient (Wildman–Crippen LogP) is 1.82. The summed E-state index contributed by atoms with van der Waals surface area (Å²) in [6, 6.07) is 1.42. The normalized spacial score (nSPS) is 10.6. The molecule has 0 bridgehead atoms. The van der Waals surface area contributed by atoms with Crippen molar-refractivity contribution in [3.8, 4) is 0 Å². The summed E-state index contributed by atoms with van der Waals surface area (Å²) in [5.74, 6) is -0.598. The van der Waals surface area contributed by atoms with Crippen molar-refractivity contribution in [1.29, 1.82) is 0 Å². The summed E-state index contributed by atoms with van der Waals surface area (Å²) in [5.41, 5.74) is 0.570. The first-order valence-corrected chi connectivity index (χ1v) is 6.64. The van der Waals surface area contributed by atoms with Gasteiger partial charge in [-0.3, -0.25) is 9.48 Å². The highest BCUT2D eigenvalue weighted by Crippen LogP contribution is 2.14. The first-order valence-electron chi connectivity index (χ1n) is 6.64. The molecule has 0 aliphatic rings. The fourth-order valence-electron chi connectivity index (χ4n) is 1.94. The van der Waals surface area contributed by atoms with Gasteiger partial charge in [-0.1, -0.05) is 6.92 Å². The number of hydrogen-bond acceptors (Lipinski definition) is 4. The maximum atomic E-state index is 11.9. The lowest BCUT2D eigenvalue weighted by Crippen LogP contribution is -2.22. The van der Waals surface area contributed by atoms with E-state index >= 15 is 0 Å². The van der Waals surface area contributed by atoms with Gasteiger partial charge in [-0.2, -0.15) is 5.10 Å². The molecule has 2 aromatic rings. The van der Waals surface area contributed by atoms with Crippen LogP contribution in [0.25, 0.3) is 0 Å². The van der Waals surface area contributed by atoms with E-state index < -0.39 is 5.97 Å². The van der Waals surface area contributed by atoms with Crippen molar-refractivity contribution in [3.05, 3.63) is 41.1 Å². The Hall–Kier alpha value is -2.57. The zero-order chi connectivity index (χ0) is 15.4. The van der Waals surface area contributed by atoms with Gasteiger partial charge in [0.2, 0.25) is 0 Å². The number of carbonyl (C=O) groups excluding carboxylic acids is 1. The minimum atomic E-state index is -1.05. The lowest BCUT2D eigenvalue weighted by atomic mass is 10.2. The molecule has 0 unspecified atom stereocenters. The molecule has 7 nitrogen and oxygen atoms in total. The average molecular weight is 291 g/mol. The number of carbonyl (C=O) groups is 2. The fraction of sp³-hybridized carbons (Fsp3) is 0.357. The highest BCUT2D eigenvalue weighted by molar-refractivity contribution is 5.93. The Kier molecular flexibility index (Phi) is 4.42. The van der Waals surface area contributed by atoms with E-state index in [1.54, 1.807) is 17.8 Å². The standard InChI is InChI=1S/C14H17N3O4/c1-3-4-17-8-10(6-16-17)13(18)15-7-11-5-12(14(19)20)9(2)21-11/h5-6,8H,3-4,7H2,1-2H3,(H,15,18)(H,19,20). The SMILES string of the molecule is CCCn1cc(C(=O)NCc2cc(C(=O)O)c(C)o2)cn1. The van der Waals surface area contributed by atoms with Gasteiger partial charge in [0.1, 0.15) is 17.1 Å². The van der Waals surface area contributed by atoms with Gasteiger partial charge in [-0.15, -0.1) is 0 Å². The topological polar surface area (TPSA) is 97.4 Å². The third-order valence-electron chi connectivity index (χ3n) is 2.97. The summed E-state index contributed by atoms with van der Waals surface area (Å²) < 4.78 is 6.99. The van der Waals surface area contributed by atoms with Crippen LogP contribution < -0.4 is 5.32 Å². The molecule has 112 valence electrons. The molecule has 0 radical (unpaired) electrons. The molecule has 0 atom stereocenters. The summed E-state index contributed by atoms with van der Waals surface area (Å²) in [4.78, 5) is 22.8. The molecular formula is C14H17N3O4. The lowest BCUT2D eigenvalue weighted by molar-refractivity contribution is 0.0694. The van der Waals surface area contributed by atoms with Crippen LogP contribution in [0.5, 0.6) is 0 Å². The van der Waals surface area contributed by atoms with Crippen LogP contribution >= 0.6 is 0 Å². The predicted molar refractivity (Wildman–Crippen MR) is 74.1 cm³/mol. The van der Waals surface area contributed by atoms with Gasteiger partial charge in [0.05, 0.1) is 18.3 Å². The van der Waals surface area contributed by atoms with E-state index in [0.717, 1.165) is 13.0 Å². The maximum Gasteiger partial charge on any atom is 0.339 e. The van der Waals surface area contributed by atoms with E-state index in [9.17, 15) is 9.59 Å². The Bertz CT molecular complexity index is 657. The van der Waals surface area contributed by atoms with Crippen LogP contribution in [0.4, 0.5) is 0 Å². The third-order valence-corrected chi connectivity index (χ3v) is 2.97. The number of carboxylic acid groups (broad SMARTS) is 1. The van der Waals surface area contributed by atoms with Crippen LogP contribution in [-0.2, 0) is 13.1 Å². The quantitative estimate of drug-likeness (QED) is 0.846. The van der Waals surface area contributed by atoms with Crippen LogP contribution in [0.1, 0.15) is 45.6 Å². The van der Waals surface area contributed by atoms with Crippen LogP contribution in [0, 0.1) is 6.92 Å². The van der Waals surface area contributed by atoms with Gasteiger partial charge in [0.25, 0.3) is 5.91 Å². The number of furan rings is 1. The molecule has 1 amide bonds. The molecule has 0 aromatic carbocycles. The molecule has 0 aliphatic carbocycles. The van der Waals surface area contributed by atoms with E-state index in [0.29, 0.717) is 17.1 Å². The molecule has 0 saturated carbocycles. The Morgan fingerprint density at radius 3 is 2.86 bits per heavy atom. The molecule has 21 heavy (non-hydrogen) atoms. The molecule has 0 aliphatic heterocycles. The highest BCUT2D eigenvalue weighted by Gasteiger charge is 2.15. The zero-order valence-corrected chi connectivity index (χ0v) is 11.9. The minimum absolute atomic E-state index is 0.106. The summed E-state index contributed by atoms with van der Waals surface area (Å²) in [7, 11) is 0. The van der Waals surface area contributed by atoms with E-state index in [1.807, 2.05) is 6.92 Å². The first kappa shape index (κ1) is 14.8. The summed E-state index contributed by atoms with van der Waals surface area (Å²) in [5, 5.41) is 15.7. The van der Waals surface area contributed by atoms with E-state index in [4.69, 9.17) is 9.52 Å². The monoisotopic (exact) mass is 291 g/mol. The van der Waals surface area contributed by atoms with Crippen molar-refractivity contribution < 1.29 is 19.1 Å². The average Bonchev–Trinajstić information content (AvgIpc) is 3.03. The second kappa shape index (κ2) is 6.25. The highest BCUT2D eigenvalue weighted by atomic mass is 16.4. The maximum absolute atomic E-state index is 11.9. The number of hydrogen-bond donors (Lipinski definition) is 2.